The van der Waals surface area contributed by atoms with Crippen molar-refractivity contribution in [3.63, 3.8) is 0 Å². The Morgan fingerprint density at radius 1 is 1.19 bits per heavy atom. The molecule has 0 atom stereocenters. The second-order valence-electron chi connectivity index (χ2n) is 3.67. The van der Waals surface area contributed by atoms with Gasteiger partial charge in [-0.05, 0) is 12.1 Å². The summed E-state index contributed by atoms with van der Waals surface area (Å²) in [6, 6.07) is 9.76. The maximum atomic E-state index is 5.84. The van der Waals surface area contributed by atoms with E-state index in [4.69, 9.17) is 15.9 Å². The number of aromatic nitrogens is 1. The first-order valence-corrected chi connectivity index (χ1v) is 5.06. The number of nitrogens with two attached hydrogens (primary N) is 2. The van der Waals surface area contributed by atoms with Gasteiger partial charge in [-0.25, -0.2) is 4.98 Å². The van der Waals surface area contributed by atoms with Gasteiger partial charge in [0.05, 0.1) is 12.1 Å². The van der Waals surface area contributed by atoms with Crippen LogP contribution in [0.25, 0.3) is 21.9 Å². The van der Waals surface area contributed by atoms with E-state index >= 15 is 0 Å². The van der Waals surface area contributed by atoms with Gasteiger partial charge in [-0.15, -0.1) is 0 Å². The van der Waals surface area contributed by atoms with Gasteiger partial charge in [-0.2, -0.15) is 0 Å². The second-order valence-corrected chi connectivity index (χ2v) is 3.67. The van der Waals surface area contributed by atoms with Crippen molar-refractivity contribution in [2.24, 2.45) is 5.73 Å². The summed E-state index contributed by atoms with van der Waals surface area (Å²) >= 11 is 0. The minimum atomic E-state index is 0.364. The van der Waals surface area contributed by atoms with Crippen molar-refractivity contribution in [3.05, 3.63) is 36.1 Å². The van der Waals surface area contributed by atoms with Gasteiger partial charge in [0.1, 0.15) is 5.76 Å². The highest BCUT2D eigenvalue weighted by molar-refractivity contribution is 6.07. The third-order valence-electron chi connectivity index (χ3n) is 2.65. The first-order chi connectivity index (χ1) is 7.79. The summed E-state index contributed by atoms with van der Waals surface area (Å²) in [4.78, 5) is 4.29. The molecule has 4 N–H and O–H groups in total. The minimum absolute atomic E-state index is 0.364. The summed E-state index contributed by atoms with van der Waals surface area (Å²) in [5, 5.41) is 2.01. The maximum absolute atomic E-state index is 5.84. The van der Waals surface area contributed by atoms with Gasteiger partial charge in [-0.1, -0.05) is 18.2 Å². The van der Waals surface area contributed by atoms with Gasteiger partial charge in [0.25, 0.3) is 0 Å². The highest BCUT2D eigenvalue weighted by Crippen LogP contribution is 2.30. The minimum Gasteiger partial charge on any atom is -0.456 e. The number of furan rings is 1. The van der Waals surface area contributed by atoms with Crippen molar-refractivity contribution in [2.75, 3.05) is 5.73 Å². The third-order valence-corrected chi connectivity index (χ3v) is 2.65. The predicted octanol–water partition coefficient (Wildman–Crippen LogP) is 2.02. The van der Waals surface area contributed by atoms with E-state index in [-0.39, 0.29) is 0 Å². The molecule has 0 saturated carbocycles. The Balaban J connectivity index is 2.52. The molecule has 2 aromatic heterocycles. The molecule has 0 aliphatic heterocycles. The molecule has 0 spiro atoms. The number of anilines is 1. The monoisotopic (exact) mass is 213 g/mol. The number of nitrogen functional groups attached to an aromatic ring is 1. The number of para-hydroxylation sites is 1. The van der Waals surface area contributed by atoms with Crippen LogP contribution >= 0.6 is 0 Å². The van der Waals surface area contributed by atoms with Crippen molar-refractivity contribution >= 4 is 27.7 Å². The van der Waals surface area contributed by atoms with E-state index in [1.54, 1.807) is 0 Å². The molecule has 0 amide bonds. The smallest absolute Gasteiger partial charge is 0.177 e. The van der Waals surface area contributed by atoms with Crippen molar-refractivity contribution < 1.29 is 4.42 Å². The highest BCUT2D eigenvalue weighted by Gasteiger charge is 2.10. The molecule has 1 aromatic carbocycles. The number of pyridine rings is 1. The molecule has 0 unspecified atom stereocenters. The standard InChI is InChI=1S/C12H11N3O/c13-6-7-5-9-8-3-1-2-4-10(8)15-12(14)11(9)16-7/h1-5H,6,13H2,(H2,14,15). The zero-order chi connectivity index (χ0) is 11.1. The highest BCUT2D eigenvalue weighted by atomic mass is 16.3. The fraction of sp³-hybridized carbons (Fsp3) is 0.0833. The average Bonchev–Trinajstić information content (AvgIpc) is 2.74. The first-order valence-electron chi connectivity index (χ1n) is 5.06. The van der Waals surface area contributed by atoms with Crippen molar-refractivity contribution in [2.45, 2.75) is 6.54 Å². The van der Waals surface area contributed by atoms with Gasteiger partial charge >= 0.3 is 0 Å². The largest absolute Gasteiger partial charge is 0.456 e. The van der Waals surface area contributed by atoms with Crippen LogP contribution in [-0.2, 0) is 6.54 Å². The van der Waals surface area contributed by atoms with Crippen LogP contribution in [0.2, 0.25) is 0 Å². The molecule has 0 radical (unpaired) electrons. The number of hydrogen-bond acceptors (Lipinski definition) is 4. The average molecular weight is 213 g/mol. The summed E-state index contributed by atoms with van der Waals surface area (Å²) in [5.41, 5.74) is 12.9. The Morgan fingerprint density at radius 2 is 2.00 bits per heavy atom. The van der Waals surface area contributed by atoms with Crippen LogP contribution in [0.15, 0.2) is 34.7 Å². The molecule has 0 fully saturated rings. The number of hydrogen-bond donors (Lipinski definition) is 2. The molecule has 2 heterocycles. The molecule has 0 bridgehead atoms. The van der Waals surface area contributed by atoms with Crippen LogP contribution in [-0.4, -0.2) is 4.98 Å². The molecule has 4 heteroatoms. The number of nitrogens with zero attached hydrogens (tertiary/aromatic N) is 1. The Labute approximate surface area is 91.9 Å². The van der Waals surface area contributed by atoms with Crippen LogP contribution in [0.1, 0.15) is 5.76 Å². The van der Waals surface area contributed by atoms with Crippen LogP contribution in [0.5, 0.6) is 0 Å². The zero-order valence-corrected chi connectivity index (χ0v) is 8.60. The number of rotatable bonds is 1. The fourth-order valence-corrected chi connectivity index (χ4v) is 1.91. The normalized spacial score (nSPS) is 11.3. The first kappa shape index (κ1) is 9.18. The van der Waals surface area contributed by atoms with Crippen LogP contribution in [0.4, 0.5) is 5.82 Å². The predicted molar refractivity (Wildman–Crippen MR) is 63.8 cm³/mol. The van der Waals surface area contributed by atoms with E-state index in [2.05, 4.69) is 4.98 Å². The fourth-order valence-electron chi connectivity index (χ4n) is 1.91. The number of fused-ring (bicyclic) bond motifs is 3. The van der Waals surface area contributed by atoms with Crippen LogP contribution < -0.4 is 11.5 Å². The molecule has 0 aliphatic carbocycles. The van der Waals surface area contributed by atoms with Gasteiger partial charge in [-0.3, -0.25) is 0 Å². The van der Waals surface area contributed by atoms with Gasteiger partial charge in [0.2, 0.25) is 0 Å². The van der Waals surface area contributed by atoms with Gasteiger partial charge in [0, 0.05) is 10.8 Å². The van der Waals surface area contributed by atoms with E-state index < -0.39 is 0 Å². The molecule has 16 heavy (non-hydrogen) atoms. The molecule has 0 aliphatic rings. The van der Waals surface area contributed by atoms with E-state index in [0.717, 1.165) is 22.0 Å². The van der Waals surface area contributed by atoms with E-state index in [1.165, 1.54) is 0 Å². The quantitative estimate of drug-likeness (QED) is 0.648. The maximum Gasteiger partial charge on any atom is 0.177 e. The zero-order valence-electron chi connectivity index (χ0n) is 8.60. The molecule has 80 valence electrons. The lowest BCUT2D eigenvalue weighted by atomic mass is 10.1. The van der Waals surface area contributed by atoms with Crippen molar-refractivity contribution in [3.8, 4) is 0 Å². The third kappa shape index (κ3) is 1.17. The van der Waals surface area contributed by atoms with E-state index in [1.807, 2.05) is 30.3 Å². The molecular formula is C12H11N3O. The Morgan fingerprint density at radius 3 is 2.81 bits per heavy atom. The molecule has 4 nitrogen and oxygen atoms in total. The SMILES string of the molecule is NCc1cc2c(o1)c(N)nc1ccccc12. The lowest BCUT2D eigenvalue weighted by Crippen LogP contribution is -1.92. The molecule has 0 saturated heterocycles. The van der Waals surface area contributed by atoms with E-state index in [9.17, 15) is 0 Å². The Hall–Kier alpha value is -2.07. The second kappa shape index (κ2) is 3.21. The summed E-state index contributed by atoms with van der Waals surface area (Å²) in [5.74, 6) is 1.13. The lowest BCUT2D eigenvalue weighted by molar-refractivity contribution is 0.553. The number of benzene rings is 1. The Kier molecular flexibility index (Phi) is 1.84. The lowest BCUT2D eigenvalue weighted by Gasteiger charge is -1.99. The summed E-state index contributed by atoms with van der Waals surface area (Å²) in [6.07, 6.45) is 0. The van der Waals surface area contributed by atoms with Gasteiger partial charge in [0.15, 0.2) is 11.4 Å². The topological polar surface area (TPSA) is 78.1 Å². The van der Waals surface area contributed by atoms with Crippen molar-refractivity contribution in [1.82, 2.24) is 4.98 Å². The Bertz CT molecular complexity index is 672. The molecular weight excluding hydrogens is 202 g/mol. The molecule has 3 rings (SSSR count). The van der Waals surface area contributed by atoms with Crippen LogP contribution in [0, 0.1) is 0 Å². The van der Waals surface area contributed by atoms with E-state index in [0.29, 0.717) is 17.9 Å². The summed E-state index contributed by atoms with van der Waals surface area (Å²) in [7, 11) is 0. The van der Waals surface area contributed by atoms with Crippen LogP contribution in [0.3, 0.4) is 0 Å². The van der Waals surface area contributed by atoms with Crippen molar-refractivity contribution in [1.29, 1.82) is 0 Å². The van der Waals surface area contributed by atoms with Gasteiger partial charge < -0.3 is 15.9 Å². The molecule has 3 aromatic rings. The summed E-state index contributed by atoms with van der Waals surface area (Å²) in [6.45, 7) is 0.364. The summed E-state index contributed by atoms with van der Waals surface area (Å²) < 4.78 is 5.54.